The Labute approximate surface area is 115 Å². The van der Waals surface area contributed by atoms with Crippen LogP contribution < -0.4 is 0 Å². The highest BCUT2D eigenvalue weighted by Crippen LogP contribution is 2.35. The number of hydrogen-bond acceptors (Lipinski definition) is 2. The van der Waals surface area contributed by atoms with E-state index in [-0.39, 0.29) is 18.0 Å². The standard InChI is InChI=1S/C14H16BrFO2/c1-18-14(7-2-3-8-14)12(17)9-10-5-4-6-11(16)13(10)15/h4-6H,2-3,7-9H2,1H3. The van der Waals surface area contributed by atoms with Crippen LogP contribution in [0.3, 0.4) is 0 Å². The van der Waals surface area contributed by atoms with E-state index < -0.39 is 5.60 Å². The largest absolute Gasteiger partial charge is 0.370 e. The highest BCUT2D eigenvalue weighted by atomic mass is 79.9. The van der Waals surface area contributed by atoms with Crippen molar-refractivity contribution in [3.63, 3.8) is 0 Å². The van der Waals surface area contributed by atoms with Gasteiger partial charge in [-0.1, -0.05) is 12.1 Å². The van der Waals surface area contributed by atoms with Crippen LogP contribution in [0.4, 0.5) is 4.39 Å². The van der Waals surface area contributed by atoms with Crippen LogP contribution in [-0.4, -0.2) is 18.5 Å². The number of rotatable bonds is 4. The van der Waals surface area contributed by atoms with Gasteiger partial charge in [-0.2, -0.15) is 0 Å². The highest BCUT2D eigenvalue weighted by molar-refractivity contribution is 9.10. The maximum Gasteiger partial charge on any atom is 0.168 e. The third-order valence-electron chi connectivity index (χ3n) is 3.69. The summed E-state index contributed by atoms with van der Waals surface area (Å²) >= 11 is 3.19. The monoisotopic (exact) mass is 314 g/mol. The van der Waals surface area contributed by atoms with Gasteiger partial charge >= 0.3 is 0 Å². The van der Waals surface area contributed by atoms with Crippen LogP contribution in [0.2, 0.25) is 0 Å². The lowest BCUT2D eigenvalue weighted by Gasteiger charge is -2.25. The molecular weight excluding hydrogens is 299 g/mol. The summed E-state index contributed by atoms with van der Waals surface area (Å²) in [5, 5.41) is 0. The Hall–Kier alpha value is -0.740. The van der Waals surface area contributed by atoms with E-state index in [0.717, 1.165) is 25.7 Å². The van der Waals surface area contributed by atoms with Crippen molar-refractivity contribution < 1.29 is 13.9 Å². The van der Waals surface area contributed by atoms with Crippen LogP contribution in [0, 0.1) is 5.82 Å². The smallest absolute Gasteiger partial charge is 0.168 e. The van der Waals surface area contributed by atoms with Crippen molar-refractivity contribution in [1.82, 2.24) is 0 Å². The van der Waals surface area contributed by atoms with Crippen molar-refractivity contribution in [1.29, 1.82) is 0 Å². The van der Waals surface area contributed by atoms with Gasteiger partial charge in [0.25, 0.3) is 0 Å². The number of ether oxygens (including phenoxy) is 1. The van der Waals surface area contributed by atoms with Crippen LogP contribution in [0.1, 0.15) is 31.2 Å². The zero-order valence-electron chi connectivity index (χ0n) is 10.3. The number of methoxy groups -OCH3 is 1. The summed E-state index contributed by atoms with van der Waals surface area (Å²) < 4.78 is 19.2. The molecular formula is C14H16BrFO2. The van der Waals surface area contributed by atoms with Gasteiger partial charge in [0, 0.05) is 13.5 Å². The quantitative estimate of drug-likeness (QED) is 0.847. The molecule has 0 N–H and O–H groups in total. The van der Waals surface area contributed by atoms with Gasteiger partial charge in [0.15, 0.2) is 5.78 Å². The molecule has 0 atom stereocenters. The summed E-state index contributed by atoms with van der Waals surface area (Å²) in [5.41, 5.74) is 0.0366. The van der Waals surface area contributed by atoms with Gasteiger partial charge in [-0.3, -0.25) is 4.79 Å². The van der Waals surface area contributed by atoms with E-state index >= 15 is 0 Å². The molecule has 0 radical (unpaired) electrons. The van der Waals surface area contributed by atoms with Crippen molar-refractivity contribution in [3.8, 4) is 0 Å². The molecule has 0 spiro atoms. The lowest BCUT2D eigenvalue weighted by molar-refractivity contribution is -0.139. The van der Waals surface area contributed by atoms with Gasteiger partial charge in [-0.05, 0) is 53.2 Å². The molecule has 18 heavy (non-hydrogen) atoms. The van der Waals surface area contributed by atoms with E-state index in [1.807, 2.05) is 0 Å². The fraction of sp³-hybridized carbons (Fsp3) is 0.500. The Morgan fingerprint density at radius 2 is 2.11 bits per heavy atom. The summed E-state index contributed by atoms with van der Waals surface area (Å²) in [7, 11) is 1.59. The summed E-state index contributed by atoms with van der Waals surface area (Å²) in [6.45, 7) is 0. The van der Waals surface area contributed by atoms with Gasteiger partial charge in [0.1, 0.15) is 11.4 Å². The Morgan fingerprint density at radius 3 is 2.72 bits per heavy atom. The zero-order chi connectivity index (χ0) is 13.2. The predicted octanol–water partition coefficient (Wildman–Crippen LogP) is 3.66. The first-order chi connectivity index (χ1) is 8.59. The first-order valence-electron chi connectivity index (χ1n) is 6.10. The minimum absolute atomic E-state index is 0.0498. The molecule has 2 rings (SSSR count). The molecule has 0 amide bonds. The molecule has 1 fully saturated rings. The molecule has 0 heterocycles. The minimum Gasteiger partial charge on any atom is -0.370 e. The van der Waals surface area contributed by atoms with Crippen molar-refractivity contribution in [2.45, 2.75) is 37.7 Å². The Kier molecular flexibility index (Phi) is 4.17. The fourth-order valence-corrected chi connectivity index (χ4v) is 2.97. The van der Waals surface area contributed by atoms with E-state index in [0.29, 0.717) is 10.0 Å². The summed E-state index contributed by atoms with van der Waals surface area (Å²) in [6, 6.07) is 4.76. The SMILES string of the molecule is COC1(C(=O)Cc2cccc(F)c2Br)CCCC1. The van der Waals surface area contributed by atoms with Gasteiger partial charge < -0.3 is 4.74 Å². The number of ketones is 1. The third-order valence-corrected chi connectivity index (χ3v) is 4.58. The van der Waals surface area contributed by atoms with Crippen LogP contribution >= 0.6 is 15.9 Å². The molecule has 98 valence electrons. The summed E-state index contributed by atoms with van der Waals surface area (Å²) in [4.78, 5) is 12.4. The number of halogens is 2. The maximum atomic E-state index is 13.4. The molecule has 2 nitrogen and oxygen atoms in total. The molecule has 1 aliphatic carbocycles. The molecule has 0 saturated heterocycles. The van der Waals surface area contributed by atoms with Crippen LogP contribution in [0.25, 0.3) is 0 Å². The van der Waals surface area contributed by atoms with Crippen molar-refractivity contribution in [2.24, 2.45) is 0 Å². The molecule has 0 unspecified atom stereocenters. The number of carbonyl (C=O) groups excluding carboxylic acids is 1. The zero-order valence-corrected chi connectivity index (χ0v) is 11.9. The molecule has 4 heteroatoms. The number of hydrogen-bond donors (Lipinski definition) is 0. The number of Topliss-reactive ketones (excluding diaryl/α,β-unsaturated/α-hetero) is 1. The normalized spacial score (nSPS) is 17.9. The van der Waals surface area contributed by atoms with Crippen LogP contribution in [0.5, 0.6) is 0 Å². The molecule has 1 aromatic rings. The van der Waals surface area contributed by atoms with E-state index in [9.17, 15) is 9.18 Å². The third kappa shape index (κ3) is 2.50. The van der Waals surface area contributed by atoms with E-state index in [2.05, 4.69) is 15.9 Å². The van der Waals surface area contributed by atoms with Gasteiger partial charge in [0.05, 0.1) is 4.47 Å². The second-order valence-corrected chi connectivity index (χ2v) is 5.51. The number of benzene rings is 1. The first kappa shape index (κ1) is 13.7. The summed E-state index contributed by atoms with van der Waals surface area (Å²) in [6.07, 6.45) is 3.80. The Bertz CT molecular complexity index is 453. The Balaban J connectivity index is 2.18. The molecule has 0 bridgehead atoms. The molecule has 1 saturated carbocycles. The van der Waals surface area contributed by atoms with Crippen LogP contribution in [0.15, 0.2) is 22.7 Å². The lowest BCUT2D eigenvalue weighted by Crippen LogP contribution is -2.38. The maximum absolute atomic E-state index is 13.4. The minimum atomic E-state index is -0.647. The topological polar surface area (TPSA) is 26.3 Å². The van der Waals surface area contributed by atoms with Crippen molar-refractivity contribution >= 4 is 21.7 Å². The lowest BCUT2D eigenvalue weighted by atomic mass is 9.91. The molecule has 0 aliphatic heterocycles. The summed E-state index contributed by atoms with van der Waals surface area (Å²) in [5.74, 6) is -0.285. The van der Waals surface area contributed by atoms with E-state index in [1.54, 1.807) is 19.2 Å². The van der Waals surface area contributed by atoms with Gasteiger partial charge in [0.2, 0.25) is 0 Å². The molecule has 1 aliphatic rings. The van der Waals surface area contributed by atoms with E-state index in [1.165, 1.54) is 6.07 Å². The molecule has 0 aromatic heterocycles. The second-order valence-electron chi connectivity index (χ2n) is 4.72. The fourth-order valence-electron chi connectivity index (χ4n) is 2.56. The first-order valence-corrected chi connectivity index (χ1v) is 6.90. The van der Waals surface area contributed by atoms with Crippen molar-refractivity contribution in [3.05, 3.63) is 34.1 Å². The van der Waals surface area contributed by atoms with E-state index in [4.69, 9.17) is 4.74 Å². The van der Waals surface area contributed by atoms with Crippen molar-refractivity contribution in [2.75, 3.05) is 7.11 Å². The van der Waals surface area contributed by atoms with Crippen LogP contribution in [-0.2, 0) is 16.0 Å². The molecule has 1 aromatic carbocycles. The highest BCUT2D eigenvalue weighted by Gasteiger charge is 2.40. The second kappa shape index (κ2) is 5.49. The average Bonchev–Trinajstić information content (AvgIpc) is 2.85. The number of carbonyl (C=O) groups is 1. The Morgan fingerprint density at radius 1 is 1.44 bits per heavy atom. The van der Waals surface area contributed by atoms with Gasteiger partial charge in [-0.15, -0.1) is 0 Å². The average molecular weight is 315 g/mol. The predicted molar refractivity (Wildman–Crippen MR) is 71.0 cm³/mol. The van der Waals surface area contributed by atoms with Gasteiger partial charge in [-0.25, -0.2) is 4.39 Å².